The van der Waals surface area contributed by atoms with Gasteiger partial charge in [-0.2, -0.15) is 0 Å². The second-order valence-electron chi connectivity index (χ2n) is 4.41. The summed E-state index contributed by atoms with van der Waals surface area (Å²) in [6.07, 6.45) is 0.488. The number of benzene rings is 1. The Morgan fingerprint density at radius 3 is 2.62 bits per heavy atom. The molecule has 0 radical (unpaired) electrons. The first kappa shape index (κ1) is 18.2. The third-order valence-corrected chi connectivity index (χ3v) is 3.58. The van der Waals surface area contributed by atoms with Crippen molar-refractivity contribution < 1.29 is 14.3 Å². The van der Waals surface area contributed by atoms with E-state index in [0.29, 0.717) is 42.8 Å². The molecule has 0 aliphatic heterocycles. The lowest BCUT2D eigenvalue weighted by Crippen LogP contribution is -2.41. The van der Waals surface area contributed by atoms with Gasteiger partial charge in [0.2, 0.25) is 0 Å². The lowest BCUT2D eigenvalue weighted by Gasteiger charge is -2.17. The summed E-state index contributed by atoms with van der Waals surface area (Å²) in [6.45, 7) is 5.85. The van der Waals surface area contributed by atoms with Crippen LogP contribution in [0.1, 0.15) is 19.4 Å². The second kappa shape index (κ2) is 10.0. The number of ether oxygens (including phenoxy) is 2. The molecular formula is C15H21Cl2NO3. The van der Waals surface area contributed by atoms with Gasteiger partial charge < -0.3 is 14.8 Å². The minimum Gasteiger partial charge on any atom is -0.465 e. The molecular weight excluding hydrogens is 313 g/mol. The highest BCUT2D eigenvalue weighted by Gasteiger charge is 2.19. The largest absolute Gasteiger partial charge is 0.465 e. The Hall–Kier alpha value is -0.810. The fourth-order valence-corrected chi connectivity index (χ4v) is 2.15. The molecule has 0 aromatic heterocycles. The Balaban J connectivity index is 2.66. The summed E-state index contributed by atoms with van der Waals surface area (Å²) in [5.74, 6) is -0.278. The number of halogens is 2. The molecule has 0 saturated heterocycles. The summed E-state index contributed by atoms with van der Waals surface area (Å²) >= 11 is 11.9. The van der Waals surface area contributed by atoms with Crippen LogP contribution in [0, 0.1) is 0 Å². The lowest BCUT2D eigenvalue weighted by molar-refractivity contribution is -0.145. The summed E-state index contributed by atoms with van der Waals surface area (Å²) in [5, 5.41) is 4.12. The summed E-state index contributed by atoms with van der Waals surface area (Å²) < 4.78 is 10.3. The molecule has 0 bridgehead atoms. The van der Waals surface area contributed by atoms with Crippen molar-refractivity contribution in [2.75, 3.05) is 26.4 Å². The third kappa shape index (κ3) is 6.66. The Kier molecular flexibility index (Phi) is 8.69. The van der Waals surface area contributed by atoms with Crippen molar-refractivity contribution >= 4 is 29.2 Å². The quantitative estimate of drug-likeness (QED) is 0.557. The van der Waals surface area contributed by atoms with Crippen molar-refractivity contribution in [3.63, 3.8) is 0 Å². The van der Waals surface area contributed by atoms with Gasteiger partial charge in [-0.3, -0.25) is 4.79 Å². The average molecular weight is 334 g/mol. The number of nitrogens with one attached hydrogen (secondary N) is 1. The molecule has 0 heterocycles. The minimum atomic E-state index is -0.428. The zero-order valence-corrected chi connectivity index (χ0v) is 13.8. The molecule has 1 unspecified atom stereocenters. The fraction of sp³-hybridized carbons (Fsp3) is 0.533. The maximum Gasteiger partial charge on any atom is 0.323 e. The van der Waals surface area contributed by atoms with Crippen molar-refractivity contribution in [1.29, 1.82) is 0 Å². The van der Waals surface area contributed by atoms with Crippen LogP contribution in [-0.4, -0.2) is 38.4 Å². The zero-order valence-electron chi connectivity index (χ0n) is 12.3. The number of carbonyl (C=O) groups is 1. The van der Waals surface area contributed by atoms with E-state index in [-0.39, 0.29) is 5.97 Å². The number of rotatable bonds is 9. The van der Waals surface area contributed by atoms with Crippen LogP contribution in [0.4, 0.5) is 0 Å². The lowest BCUT2D eigenvalue weighted by atomic mass is 10.1. The van der Waals surface area contributed by atoms with E-state index in [2.05, 4.69) is 5.32 Å². The van der Waals surface area contributed by atoms with E-state index in [1.54, 1.807) is 19.1 Å². The average Bonchev–Trinajstić information content (AvgIpc) is 2.46. The normalized spacial score (nSPS) is 12.2. The number of hydrogen-bond donors (Lipinski definition) is 1. The molecule has 6 heteroatoms. The summed E-state index contributed by atoms with van der Waals surface area (Å²) in [6, 6.07) is 4.91. The predicted molar refractivity (Wildman–Crippen MR) is 85.1 cm³/mol. The van der Waals surface area contributed by atoms with Gasteiger partial charge in [-0.05, 0) is 38.0 Å². The Bertz CT molecular complexity index is 455. The van der Waals surface area contributed by atoms with Crippen molar-refractivity contribution in [2.45, 2.75) is 26.3 Å². The third-order valence-electron chi connectivity index (χ3n) is 2.84. The molecule has 1 aromatic rings. The Labute approximate surface area is 135 Å². The molecule has 0 aliphatic carbocycles. The molecule has 1 atom stereocenters. The summed E-state index contributed by atoms with van der Waals surface area (Å²) in [4.78, 5) is 12.0. The smallest absolute Gasteiger partial charge is 0.323 e. The highest BCUT2D eigenvalue weighted by molar-refractivity contribution is 6.42. The molecule has 1 aromatic carbocycles. The van der Waals surface area contributed by atoms with E-state index in [9.17, 15) is 4.79 Å². The molecule has 1 rings (SSSR count). The fourth-order valence-electron chi connectivity index (χ4n) is 1.83. The first-order chi connectivity index (χ1) is 10.1. The van der Waals surface area contributed by atoms with Crippen LogP contribution >= 0.6 is 23.2 Å². The van der Waals surface area contributed by atoms with Gasteiger partial charge in [0.25, 0.3) is 0 Å². The van der Waals surface area contributed by atoms with Gasteiger partial charge in [0.15, 0.2) is 0 Å². The SMILES string of the molecule is CCOCCNC(Cc1ccc(Cl)c(Cl)c1)C(=O)OCC. The van der Waals surface area contributed by atoms with E-state index in [0.717, 1.165) is 5.56 Å². The summed E-state index contributed by atoms with van der Waals surface area (Å²) in [7, 11) is 0. The zero-order chi connectivity index (χ0) is 15.7. The molecule has 21 heavy (non-hydrogen) atoms. The highest BCUT2D eigenvalue weighted by atomic mass is 35.5. The van der Waals surface area contributed by atoms with E-state index in [4.69, 9.17) is 32.7 Å². The molecule has 0 saturated carbocycles. The van der Waals surface area contributed by atoms with E-state index < -0.39 is 6.04 Å². The van der Waals surface area contributed by atoms with Crippen LogP contribution in [0.3, 0.4) is 0 Å². The van der Waals surface area contributed by atoms with E-state index in [1.165, 1.54) is 0 Å². The Morgan fingerprint density at radius 1 is 1.24 bits per heavy atom. The maximum atomic E-state index is 12.0. The maximum absolute atomic E-state index is 12.0. The van der Waals surface area contributed by atoms with E-state index >= 15 is 0 Å². The summed E-state index contributed by atoms with van der Waals surface area (Å²) in [5.41, 5.74) is 0.923. The second-order valence-corrected chi connectivity index (χ2v) is 5.22. The first-order valence-electron chi connectivity index (χ1n) is 7.00. The van der Waals surface area contributed by atoms with Crippen molar-refractivity contribution in [3.05, 3.63) is 33.8 Å². The van der Waals surface area contributed by atoms with Crippen LogP contribution in [0.15, 0.2) is 18.2 Å². The predicted octanol–water partition coefficient (Wildman–Crippen LogP) is 3.09. The monoisotopic (exact) mass is 333 g/mol. The molecule has 0 fully saturated rings. The van der Waals surface area contributed by atoms with Gasteiger partial charge in [-0.25, -0.2) is 0 Å². The van der Waals surface area contributed by atoms with Crippen molar-refractivity contribution in [3.8, 4) is 0 Å². The Morgan fingerprint density at radius 2 is 2.00 bits per heavy atom. The van der Waals surface area contributed by atoms with Gasteiger partial charge in [0.1, 0.15) is 6.04 Å². The van der Waals surface area contributed by atoms with Crippen molar-refractivity contribution in [1.82, 2.24) is 5.32 Å². The standard InChI is InChI=1S/C15H21Cl2NO3/c1-3-20-8-7-18-14(15(19)21-4-2)10-11-5-6-12(16)13(17)9-11/h5-6,9,14,18H,3-4,7-8,10H2,1-2H3. The van der Waals surface area contributed by atoms with Crippen LogP contribution < -0.4 is 5.32 Å². The molecule has 0 amide bonds. The van der Waals surface area contributed by atoms with Gasteiger partial charge in [0.05, 0.1) is 23.3 Å². The molecule has 118 valence electrons. The van der Waals surface area contributed by atoms with Gasteiger partial charge in [-0.1, -0.05) is 29.3 Å². The van der Waals surface area contributed by atoms with Crippen LogP contribution in [-0.2, 0) is 20.7 Å². The first-order valence-corrected chi connectivity index (χ1v) is 7.75. The van der Waals surface area contributed by atoms with Crippen LogP contribution in [0.2, 0.25) is 10.0 Å². The van der Waals surface area contributed by atoms with Crippen LogP contribution in [0.25, 0.3) is 0 Å². The number of hydrogen-bond acceptors (Lipinski definition) is 4. The molecule has 0 aliphatic rings. The van der Waals surface area contributed by atoms with Gasteiger partial charge in [-0.15, -0.1) is 0 Å². The molecule has 4 nitrogen and oxygen atoms in total. The molecule has 1 N–H and O–H groups in total. The minimum absolute atomic E-state index is 0.278. The number of carbonyl (C=O) groups excluding carboxylic acids is 1. The van der Waals surface area contributed by atoms with Gasteiger partial charge in [0, 0.05) is 13.2 Å². The highest BCUT2D eigenvalue weighted by Crippen LogP contribution is 2.23. The van der Waals surface area contributed by atoms with Crippen LogP contribution in [0.5, 0.6) is 0 Å². The van der Waals surface area contributed by atoms with E-state index in [1.807, 2.05) is 13.0 Å². The topological polar surface area (TPSA) is 47.6 Å². The number of esters is 1. The van der Waals surface area contributed by atoms with Crippen molar-refractivity contribution in [2.24, 2.45) is 0 Å². The van der Waals surface area contributed by atoms with Gasteiger partial charge >= 0.3 is 5.97 Å². The molecule has 0 spiro atoms.